The number of hydrogen-bond donors (Lipinski definition) is 0. The van der Waals surface area contributed by atoms with Gasteiger partial charge in [-0.25, -0.2) is 0 Å². The summed E-state index contributed by atoms with van der Waals surface area (Å²) < 4.78 is 1.34. The third-order valence-corrected chi connectivity index (χ3v) is 13.8. The summed E-state index contributed by atoms with van der Waals surface area (Å²) >= 11 is 1.96. The van der Waals surface area contributed by atoms with E-state index in [9.17, 15) is 0 Å². The number of benzene rings is 9. The van der Waals surface area contributed by atoms with Gasteiger partial charge in [-0.05, 0) is 115 Å². The van der Waals surface area contributed by atoms with Crippen LogP contribution in [0.25, 0.3) is 65.7 Å². The maximum atomic E-state index is 2.50. The molecule has 0 saturated heterocycles. The Kier molecular flexibility index (Phi) is 7.69. The van der Waals surface area contributed by atoms with E-state index in [4.69, 9.17) is 0 Å². The fourth-order valence-electron chi connectivity index (χ4n) is 9.86. The van der Waals surface area contributed by atoms with Crippen LogP contribution in [-0.4, -0.2) is 0 Å². The minimum absolute atomic E-state index is 0.387. The Labute approximate surface area is 348 Å². The van der Waals surface area contributed by atoms with Crippen LogP contribution in [0.3, 0.4) is 0 Å². The zero-order valence-electron chi connectivity index (χ0n) is 32.2. The molecular weight excluding hydrogens is 731 g/mol. The molecule has 2 aliphatic carbocycles. The van der Waals surface area contributed by atoms with Crippen molar-refractivity contribution in [3.05, 3.63) is 246 Å². The fourth-order valence-corrected chi connectivity index (χ4v) is 11.3. The summed E-state index contributed by atoms with van der Waals surface area (Å²) in [6, 6.07) is 82.6. The highest BCUT2D eigenvalue weighted by Crippen LogP contribution is 2.66. The predicted octanol–water partition coefficient (Wildman–Crippen LogP) is 15.7. The van der Waals surface area contributed by atoms with Crippen LogP contribution in [0.15, 0.2) is 224 Å². The molecule has 2 aliphatic rings. The highest BCUT2D eigenvalue weighted by atomic mass is 32.1. The highest BCUT2D eigenvalue weighted by molar-refractivity contribution is 7.20. The topological polar surface area (TPSA) is 3.24 Å². The first-order chi connectivity index (χ1) is 29.3. The van der Waals surface area contributed by atoms with Crippen LogP contribution in [-0.2, 0) is 5.41 Å². The zero-order valence-corrected chi connectivity index (χ0v) is 33.0. The Morgan fingerprint density at radius 1 is 0.322 bits per heavy atom. The van der Waals surface area contributed by atoms with Gasteiger partial charge in [-0.2, -0.15) is 0 Å². The smallest absolute Gasteiger partial charge is 0.0819 e. The molecule has 1 nitrogen and oxygen atoms in total. The summed E-state index contributed by atoms with van der Waals surface area (Å²) in [7, 11) is 0. The molecule has 0 N–H and O–H groups in total. The van der Waals surface area contributed by atoms with Gasteiger partial charge >= 0.3 is 0 Å². The van der Waals surface area contributed by atoms with Crippen LogP contribution in [0.1, 0.15) is 21.6 Å². The van der Waals surface area contributed by atoms with E-state index in [0.29, 0.717) is 0 Å². The van der Waals surface area contributed by atoms with Crippen molar-refractivity contribution in [1.82, 2.24) is 0 Å². The van der Waals surface area contributed by atoms with Gasteiger partial charge in [0.25, 0.3) is 0 Å². The van der Waals surface area contributed by atoms with Crippen molar-refractivity contribution in [2.45, 2.75) is 5.41 Å². The molecule has 0 unspecified atom stereocenters. The Bertz CT molecular complexity index is 3070. The number of rotatable bonds is 6. The minimum Gasteiger partial charge on any atom is -0.310 e. The summed E-state index contributed by atoms with van der Waals surface area (Å²) in [6.07, 6.45) is 0. The van der Waals surface area contributed by atoms with Gasteiger partial charge in [-0.1, -0.05) is 176 Å². The van der Waals surface area contributed by atoms with Crippen molar-refractivity contribution in [1.29, 1.82) is 0 Å². The number of anilines is 3. The minimum atomic E-state index is -0.387. The summed E-state index contributed by atoms with van der Waals surface area (Å²) in [4.78, 5) is 3.82. The van der Waals surface area contributed by atoms with E-state index in [-0.39, 0.29) is 5.41 Å². The number of nitrogens with zero attached hydrogens (tertiary/aromatic N) is 1. The second-order valence-corrected chi connectivity index (χ2v) is 16.7. The quantitative estimate of drug-likeness (QED) is 0.163. The molecule has 0 bridgehead atoms. The van der Waals surface area contributed by atoms with Crippen LogP contribution in [0.5, 0.6) is 0 Å². The Morgan fingerprint density at radius 2 is 0.814 bits per heavy atom. The van der Waals surface area contributed by atoms with Crippen LogP contribution in [0.2, 0.25) is 0 Å². The van der Waals surface area contributed by atoms with Gasteiger partial charge in [0.1, 0.15) is 0 Å². The first-order valence-electron chi connectivity index (χ1n) is 20.3. The third-order valence-electron chi connectivity index (χ3n) is 12.5. The monoisotopic (exact) mass is 767 g/mol. The highest BCUT2D eigenvalue weighted by Gasteiger charge is 2.53. The van der Waals surface area contributed by atoms with Crippen LogP contribution in [0.4, 0.5) is 17.1 Å². The molecule has 1 heterocycles. The molecule has 0 saturated carbocycles. The standard InChI is InChI=1S/C57H37NS/c1-3-14-38(15-4-1)40-26-31-44(32-27-40)58(45-33-28-41(29-34-45)39-16-5-2-6-17-39)46-19-13-18-42(36-46)43-30-35-49-53(37-43)57(56-55(49)50-22-9-12-25-54(50)59-56)51-23-10-7-20-47(51)48-21-8-11-24-52(48)57/h1-37H. The lowest BCUT2D eigenvalue weighted by molar-refractivity contribution is 0.812. The van der Waals surface area contributed by atoms with Crippen molar-refractivity contribution in [2.24, 2.45) is 0 Å². The van der Waals surface area contributed by atoms with Crippen LogP contribution in [0, 0.1) is 0 Å². The van der Waals surface area contributed by atoms with Gasteiger partial charge in [0.05, 0.1) is 5.41 Å². The number of fused-ring (bicyclic) bond motifs is 12. The molecule has 59 heavy (non-hydrogen) atoms. The molecule has 0 atom stereocenters. The Balaban J connectivity index is 1.02. The second kappa shape index (κ2) is 13.4. The van der Waals surface area contributed by atoms with Crippen molar-refractivity contribution < 1.29 is 0 Å². The molecule has 0 fully saturated rings. The van der Waals surface area contributed by atoms with E-state index < -0.39 is 0 Å². The normalized spacial score (nSPS) is 12.9. The molecule has 12 rings (SSSR count). The van der Waals surface area contributed by atoms with Crippen molar-refractivity contribution >= 4 is 38.5 Å². The van der Waals surface area contributed by atoms with E-state index >= 15 is 0 Å². The van der Waals surface area contributed by atoms with E-state index in [1.165, 1.54) is 87.3 Å². The average molecular weight is 768 g/mol. The van der Waals surface area contributed by atoms with Gasteiger partial charge in [0, 0.05) is 37.6 Å². The second-order valence-electron chi connectivity index (χ2n) is 15.6. The molecule has 0 aliphatic heterocycles. The molecule has 1 spiro atoms. The lowest BCUT2D eigenvalue weighted by Gasteiger charge is -2.29. The first kappa shape index (κ1) is 33.8. The van der Waals surface area contributed by atoms with Crippen LogP contribution >= 0.6 is 11.3 Å². The zero-order chi connectivity index (χ0) is 38.9. The average Bonchev–Trinajstić information content (AvgIpc) is 3.94. The van der Waals surface area contributed by atoms with Crippen molar-refractivity contribution in [2.75, 3.05) is 4.90 Å². The predicted molar refractivity (Wildman–Crippen MR) is 249 cm³/mol. The van der Waals surface area contributed by atoms with E-state index in [1.807, 2.05) is 11.3 Å². The molecule has 10 aromatic rings. The lowest BCUT2D eigenvalue weighted by atomic mass is 9.73. The Hall–Kier alpha value is -7.26. The maximum Gasteiger partial charge on any atom is 0.0819 e. The Morgan fingerprint density at radius 3 is 1.44 bits per heavy atom. The molecule has 9 aromatic carbocycles. The van der Waals surface area contributed by atoms with E-state index in [2.05, 4.69) is 229 Å². The molecule has 276 valence electrons. The largest absolute Gasteiger partial charge is 0.310 e. The van der Waals surface area contributed by atoms with Crippen molar-refractivity contribution in [3.63, 3.8) is 0 Å². The van der Waals surface area contributed by atoms with E-state index in [0.717, 1.165) is 17.1 Å². The molecule has 0 radical (unpaired) electrons. The van der Waals surface area contributed by atoms with Gasteiger partial charge < -0.3 is 4.90 Å². The molecule has 2 heteroatoms. The molecular formula is C57H37NS. The summed E-state index contributed by atoms with van der Waals surface area (Å²) in [5, 5.41) is 1.34. The maximum absolute atomic E-state index is 2.50. The summed E-state index contributed by atoms with van der Waals surface area (Å²) in [5.74, 6) is 0. The first-order valence-corrected chi connectivity index (χ1v) is 21.2. The van der Waals surface area contributed by atoms with E-state index in [1.54, 1.807) is 0 Å². The fraction of sp³-hybridized carbons (Fsp3) is 0.0175. The molecule has 0 amide bonds. The van der Waals surface area contributed by atoms with Gasteiger partial charge in [0.2, 0.25) is 0 Å². The number of thiophene rings is 1. The summed E-state index contributed by atoms with van der Waals surface area (Å²) in [6.45, 7) is 0. The molecule has 1 aromatic heterocycles. The van der Waals surface area contributed by atoms with Crippen molar-refractivity contribution in [3.8, 4) is 55.6 Å². The lowest BCUT2D eigenvalue weighted by Crippen LogP contribution is -2.24. The van der Waals surface area contributed by atoms with Gasteiger partial charge in [-0.3, -0.25) is 0 Å². The van der Waals surface area contributed by atoms with Gasteiger partial charge in [0.15, 0.2) is 0 Å². The SMILES string of the molecule is c1ccc(-c2ccc(N(c3ccc(-c4ccccc4)cc3)c3cccc(-c4ccc5c(c4)C4(c6ccccc6-c6ccccc64)c4sc6ccccc6c4-5)c3)cc2)cc1. The van der Waals surface area contributed by atoms with Crippen LogP contribution < -0.4 is 4.90 Å². The third kappa shape index (κ3) is 5.17. The summed E-state index contributed by atoms with van der Waals surface area (Å²) in [5.41, 5.74) is 19.7. The number of hydrogen-bond acceptors (Lipinski definition) is 2. The van der Waals surface area contributed by atoms with Gasteiger partial charge in [-0.15, -0.1) is 11.3 Å².